The Morgan fingerprint density at radius 3 is 2.64 bits per heavy atom. The van der Waals surface area contributed by atoms with E-state index < -0.39 is 10.0 Å². The summed E-state index contributed by atoms with van der Waals surface area (Å²) in [6, 6.07) is 0. The zero-order valence-electron chi connectivity index (χ0n) is 12.3. The minimum Gasteiger partial charge on any atom is -0.364 e. The summed E-state index contributed by atoms with van der Waals surface area (Å²) < 4.78 is 24.4. The summed E-state index contributed by atoms with van der Waals surface area (Å²) >= 11 is 5.76. The largest absolute Gasteiger partial charge is 0.364 e. The second-order valence-electron chi connectivity index (χ2n) is 4.58. The highest BCUT2D eigenvalue weighted by atomic mass is 35.5. The molecule has 0 aliphatic carbocycles. The second-order valence-corrected chi connectivity index (χ2v) is 6.93. The van der Waals surface area contributed by atoms with Gasteiger partial charge in [0.2, 0.25) is 15.3 Å². The Hall–Kier alpha value is -2.00. The zero-order chi connectivity index (χ0) is 16.3. The number of aryl methyl sites for hydroxylation is 1. The lowest BCUT2D eigenvalue weighted by atomic mass is 10.3. The van der Waals surface area contributed by atoms with Gasteiger partial charge in [-0.25, -0.2) is 23.4 Å². The van der Waals surface area contributed by atoms with E-state index in [1.54, 1.807) is 6.20 Å². The van der Waals surface area contributed by atoms with Gasteiger partial charge in [-0.05, 0) is 18.5 Å². The quantitative estimate of drug-likeness (QED) is 0.815. The third kappa shape index (κ3) is 3.80. The molecular formula is C12H15ClN6O2S. The molecule has 0 spiro atoms. The molecule has 118 valence electrons. The molecular weight excluding hydrogens is 328 g/mol. The topological polar surface area (TPSA) is 101 Å². The molecule has 0 aromatic carbocycles. The Morgan fingerprint density at radius 1 is 1.27 bits per heavy atom. The van der Waals surface area contributed by atoms with Crippen LogP contribution in [0.25, 0.3) is 0 Å². The van der Waals surface area contributed by atoms with Gasteiger partial charge in [0, 0.05) is 31.2 Å². The molecule has 1 N–H and O–H groups in total. The van der Waals surface area contributed by atoms with Gasteiger partial charge < -0.3 is 5.32 Å². The lowest BCUT2D eigenvalue weighted by Crippen LogP contribution is -2.27. The van der Waals surface area contributed by atoms with E-state index in [2.05, 4.69) is 25.3 Å². The minimum atomic E-state index is -3.42. The average Bonchev–Trinajstić information content (AvgIpc) is 2.47. The first-order valence-corrected chi connectivity index (χ1v) is 8.48. The van der Waals surface area contributed by atoms with Crippen molar-refractivity contribution in [2.24, 2.45) is 0 Å². The summed E-state index contributed by atoms with van der Waals surface area (Å²) in [6.07, 6.45) is 5.63. The van der Waals surface area contributed by atoms with Crippen molar-refractivity contribution in [1.29, 1.82) is 0 Å². The van der Waals surface area contributed by atoms with Crippen LogP contribution in [0.1, 0.15) is 11.3 Å². The van der Waals surface area contributed by atoms with Crippen LogP contribution in [0.5, 0.6) is 0 Å². The standard InChI is InChI=1S/C12H15ClN6O2S/c1-8-6-17-12(13)18-10(8)16-7-9-11(15-5-4-14-9)19(2)22(3,20)21/h4-6H,7H2,1-3H3,(H,16,17,18). The summed E-state index contributed by atoms with van der Waals surface area (Å²) in [5, 5.41) is 3.18. The van der Waals surface area contributed by atoms with E-state index in [9.17, 15) is 8.42 Å². The van der Waals surface area contributed by atoms with Crippen molar-refractivity contribution in [3.63, 3.8) is 0 Å². The number of sulfonamides is 1. The molecule has 22 heavy (non-hydrogen) atoms. The summed E-state index contributed by atoms with van der Waals surface area (Å²) in [7, 11) is -1.99. The molecule has 2 heterocycles. The first-order chi connectivity index (χ1) is 10.3. The molecule has 2 aromatic rings. The lowest BCUT2D eigenvalue weighted by Gasteiger charge is -2.18. The summed E-state index contributed by atoms with van der Waals surface area (Å²) in [5.41, 5.74) is 1.29. The molecule has 0 bridgehead atoms. The SMILES string of the molecule is Cc1cnc(Cl)nc1NCc1nccnc1N(C)S(C)(=O)=O. The molecule has 8 nitrogen and oxygen atoms in total. The third-order valence-electron chi connectivity index (χ3n) is 2.91. The molecule has 0 saturated heterocycles. The van der Waals surface area contributed by atoms with Gasteiger partial charge in [-0.15, -0.1) is 0 Å². The summed E-state index contributed by atoms with van der Waals surface area (Å²) in [5.74, 6) is 0.814. The van der Waals surface area contributed by atoms with Crippen molar-refractivity contribution in [2.45, 2.75) is 13.5 Å². The maximum atomic E-state index is 11.7. The van der Waals surface area contributed by atoms with Crippen molar-refractivity contribution >= 4 is 33.3 Å². The molecule has 0 saturated carbocycles. The van der Waals surface area contributed by atoms with Crippen molar-refractivity contribution in [1.82, 2.24) is 19.9 Å². The van der Waals surface area contributed by atoms with Crippen LogP contribution in [-0.2, 0) is 16.6 Å². The Kier molecular flexibility index (Phi) is 4.77. The van der Waals surface area contributed by atoms with E-state index in [1.807, 2.05) is 6.92 Å². The van der Waals surface area contributed by atoms with E-state index in [0.29, 0.717) is 11.5 Å². The molecule has 0 unspecified atom stereocenters. The smallest absolute Gasteiger partial charge is 0.233 e. The van der Waals surface area contributed by atoms with E-state index in [0.717, 1.165) is 16.1 Å². The molecule has 0 aliphatic rings. The number of hydrogen-bond acceptors (Lipinski definition) is 7. The maximum absolute atomic E-state index is 11.7. The van der Waals surface area contributed by atoms with Crippen LogP contribution in [0.4, 0.5) is 11.6 Å². The predicted octanol–water partition coefficient (Wildman–Crippen LogP) is 1.24. The fraction of sp³-hybridized carbons (Fsp3) is 0.333. The highest BCUT2D eigenvalue weighted by Crippen LogP contribution is 2.18. The maximum Gasteiger partial charge on any atom is 0.233 e. The highest BCUT2D eigenvalue weighted by Gasteiger charge is 2.18. The number of rotatable bonds is 5. The Balaban J connectivity index is 2.26. The van der Waals surface area contributed by atoms with Crippen molar-refractivity contribution in [2.75, 3.05) is 22.9 Å². The molecule has 0 atom stereocenters. The summed E-state index contributed by atoms with van der Waals surface area (Å²) in [6.45, 7) is 2.08. The monoisotopic (exact) mass is 342 g/mol. The number of nitrogens with zero attached hydrogens (tertiary/aromatic N) is 5. The Labute approximate surface area is 133 Å². The van der Waals surface area contributed by atoms with Crippen LogP contribution in [0.2, 0.25) is 5.28 Å². The van der Waals surface area contributed by atoms with Crippen molar-refractivity contribution < 1.29 is 8.42 Å². The highest BCUT2D eigenvalue weighted by molar-refractivity contribution is 7.92. The molecule has 0 amide bonds. The molecule has 2 aromatic heterocycles. The van der Waals surface area contributed by atoms with Gasteiger partial charge in [-0.2, -0.15) is 0 Å². The molecule has 0 radical (unpaired) electrons. The Bertz CT molecular complexity index is 783. The normalized spacial score (nSPS) is 11.3. The molecule has 10 heteroatoms. The minimum absolute atomic E-state index is 0.126. The van der Waals surface area contributed by atoms with Crippen LogP contribution < -0.4 is 9.62 Å². The fourth-order valence-electron chi connectivity index (χ4n) is 1.67. The second kappa shape index (κ2) is 6.41. The van der Waals surface area contributed by atoms with E-state index in [-0.39, 0.29) is 17.6 Å². The van der Waals surface area contributed by atoms with Crippen LogP contribution in [0.15, 0.2) is 18.6 Å². The zero-order valence-corrected chi connectivity index (χ0v) is 13.9. The van der Waals surface area contributed by atoms with Gasteiger partial charge in [0.25, 0.3) is 0 Å². The van der Waals surface area contributed by atoms with Gasteiger partial charge >= 0.3 is 0 Å². The predicted molar refractivity (Wildman–Crippen MR) is 84.4 cm³/mol. The van der Waals surface area contributed by atoms with Crippen molar-refractivity contribution in [3.05, 3.63) is 35.1 Å². The van der Waals surface area contributed by atoms with E-state index >= 15 is 0 Å². The Morgan fingerprint density at radius 2 is 1.95 bits per heavy atom. The van der Waals surface area contributed by atoms with Gasteiger partial charge in [-0.1, -0.05) is 0 Å². The lowest BCUT2D eigenvalue weighted by molar-refractivity contribution is 0.599. The average molecular weight is 343 g/mol. The van der Waals surface area contributed by atoms with E-state index in [4.69, 9.17) is 11.6 Å². The number of hydrogen-bond donors (Lipinski definition) is 1. The molecule has 0 aliphatic heterocycles. The van der Waals surface area contributed by atoms with Gasteiger partial charge in [0.1, 0.15) is 11.5 Å². The first-order valence-electron chi connectivity index (χ1n) is 6.26. The van der Waals surface area contributed by atoms with Gasteiger partial charge in [0.05, 0.1) is 12.8 Å². The van der Waals surface area contributed by atoms with Crippen molar-refractivity contribution in [3.8, 4) is 0 Å². The van der Waals surface area contributed by atoms with Crippen LogP contribution in [0.3, 0.4) is 0 Å². The first kappa shape index (κ1) is 16.4. The van der Waals surface area contributed by atoms with Crippen LogP contribution in [0, 0.1) is 6.92 Å². The number of aromatic nitrogens is 4. The number of nitrogens with one attached hydrogen (secondary N) is 1. The van der Waals surface area contributed by atoms with Gasteiger partial charge in [0.15, 0.2) is 5.82 Å². The number of anilines is 2. The summed E-state index contributed by atoms with van der Waals surface area (Å²) in [4.78, 5) is 16.2. The fourth-order valence-corrected chi connectivity index (χ4v) is 2.27. The van der Waals surface area contributed by atoms with Gasteiger partial charge in [-0.3, -0.25) is 9.29 Å². The van der Waals surface area contributed by atoms with Crippen LogP contribution in [-0.4, -0.2) is 41.7 Å². The molecule has 2 rings (SSSR count). The number of halogens is 1. The third-order valence-corrected chi connectivity index (χ3v) is 4.26. The molecule has 0 fully saturated rings. The van der Waals surface area contributed by atoms with Crippen LogP contribution >= 0.6 is 11.6 Å². The van der Waals surface area contributed by atoms with E-state index in [1.165, 1.54) is 19.4 Å².